The van der Waals surface area contributed by atoms with Crippen LogP contribution >= 0.6 is 11.8 Å². The van der Waals surface area contributed by atoms with E-state index >= 15 is 0 Å². The van der Waals surface area contributed by atoms with Crippen LogP contribution in [-0.2, 0) is 10.0 Å². The molecule has 20 heavy (non-hydrogen) atoms. The molecule has 1 fully saturated rings. The molecule has 0 radical (unpaired) electrons. The lowest BCUT2D eigenvalue weighted by molar-refractivity contribution is 0.0692. The van der Waals surface area contributed by atoms with Crippen LogP contribution in [0.5, 0.6) is 0 Å². The van der Waals surface area contributed by atoms with Crippen LogP contribution in [0.2, 0.25) is 0 Å². The summed E-state index contributed by atoms with van der Waals surface area (Å²) >= 11 is 1.79. The molecule has 1 heterocycles. The highest BCUT2D eigenvalue weighted by atomic mass is 32.2. The lowest BCUT2D eigenvalue weighted by Gasteiger charge is -2.22. The van der Waals surface area contributed by atoms with Gasteiger partial charge in [-0.25, -0.2) is 17.9 Å². The van der Waals surface area contributed by atoms with Gasteiger partial charge in [0.25, 0.3) is 0 Å². The number of sulfonamides is 1. The van der Waals surface area contributed by atoms with Crippen LogP contribution in [0.15, 0.2) is 23.1 Å². The molecule has 8 heteroatoms. The van der Waals surface area contributed by atoms with Crippen molar-refractivity contribution in [2.45, 2.75) is 23.8 Å². The van der Waals surface area contributed by atoms with E-state index in [1.165, 1.54) is 12.1 Å². The van der Waals surface area contributed by atoms with E-state index in [1.807, 2.05) is 0 Å². The van der Waals surface area contributed by atoms with Crippen molar-refractivity contribution in [1.29, 1.82) is 0 Å². The zero-order valence-corrected chi connectivity index (χ0v) is 12.3. The maximum atomic E-state index is 12.3. The van der Waals surface area contributed by atoms with Gasteiger partial charge in [-0.1, -0.05) is 0 Å². The summed E-state index contributed by atoms with van der Waals surface area (Å²) in [5.41, 5.74) is 5.43. The van der Waals surface area contributed by atoms with Crippen LogP contribution in [0.25, 0.3) is 0 Å². The molecule has 1 aliphatic heterocycles. The average Bonchev–Trinajstić information content (AvgIpc) is 2.38. The maximum absolute atomic E-state index is 12.3. The number of nitrogens with two attached hydrogens (primary N) is 1. The van der Waals surface area contributed by atoms with Gasteiger partial charge in [0.2, 0.25) is 10.0 Å². The second-order valence-corrected chi connectivity index (χ2v) is 7.48. The lowest BCUT2D eigenvalue weighted by Crippen LogP contribution is -2.37. The minimum Gasteiger partial charge on any atom is -0.478 e. The second kappa shape index (κ2) is 6.02. The molecule has 0 aromatic heterocycles. The minimum atomic E-state index is -3.85. The highest BCUT2D eigenvalue weighted by molar-refractivity contribution is 7.99. The molecule has 1 saturated heterocycles. The van der Waals surface area contributed by atoms with Crippen molar-refractivity contribution in [2.24, 2.45) is 0 Å². The van der Waals surface area contributed by atoms with E-state index in [0.29, 0.717) is 0 Å². The van der Waals surface area contributed by atoms with E-state index < -0.39 is 16.0 Å². The summed E-state index contributed by atoms with van der Waals surface area (Å²) in [6.07, 6.45) is 1.50. The molecule has 0 aliphatic carbocycles. The smallest absolute Gasteiger partial charge is 0.337 e. The molecule has 0 atom stereocenters. The Balaban J connectivity index is 2.31. The summed E-state index contributed by atoms with van der Waals surface area (Å²) in [5, 5.41) is 9.11. The van der Waals surface area contributed by atoms with Gasteiger partial charge in [-0.2, -0.15) is 11.8 Å². The first-order valence-corrected chi connectivity index (χ1v) is 8.77. The number of carboxylic acid groups (broad SMARTS) is 1. The fourth-order valence-electron chi connectivity index (χ4n) is 2.05. The maximum Gasteiger partial charge on any atom is 0.337 e. The van der Waals surface area contributed by atoms with Crippen molar-refractivity contribution in [3.63, 3.8) is 0 Å². The largest absolute Gasteiger partial charge is 0.478 e. The summed E-state index contributed by atoms with van der Waals surface area (Å²) in [4.78, 5) is 10.9. The van der Waals surface area contributed by atoms with Crippen molar-refractivity contribution in [2.75, 3.05) is 17.2 Å². The molecule has 0 spiro atoms. The van der Waals surface area contributed by atoms with Gasteiger partial charge >= 0.3 is 5.97 Å². The number of thioether (sulfide) groups is 1. The molecule has 1 aromatic carbocycles. The first-order chi connectivity index (χ1) is 9.40. The minimum absolute atomic E-state index is 0.138. The normalized spacial score (nSPS) is 17.0. The van der Waals surface area contributed by atoms with Crippen molar-refractivity contribution in [3.8, 4) is 0 Å². The number of nitrogen functional groups attached to an aromatic ring is 1. The van der Waals surface area contributed by atoms with Crippen LogP contribution in [-0.4, -0.2) is 37.0 Å². The highest BCUT2D eigenvalue weighted by Gasteiger charge is 2.26. The number of rotatable bonds is 4. The van der Waals surface area contributed by atoms with Gasteiger partial charge in [0.15, 0.2) is 0 Å². The van der Waals surface area contributed by atoms with Gasteiger partial charge in [0.05, 0.1) is 10.5 Å². The fourth-order valence-corrected chi connectivity index (χ4v) is 4.64. The van der Waals surface area contributed by atoms with Gasteiger partial charge in [-0.3, -0.25) is 0 Å². The van der Waals surface area contributed by atoms with Crippen LogP contribution in [0.1, 0.15) is 23.2 Å². The highest BCUT2D eigenvalue weighted by Crippen LogP contribution is 2.22. The molecule has 0 bridgehead atoms. The molecule has 0 amide bonds. The zero-order chi connectivity index (χ0) is 14.8. The van der Waals surface area contributed by atoms with Gasteiger partial charge in [0, 0.05) is 11.7 Å². The summed E-state index contributed by atoms with van der Waals surface area (Å²) in [5.74, 6) is 0.499. The Morgan fingerprint density at radius 1 is 1.35 bits per heavy atom. The predicted molar refractivity (Wildman–Crippen MR) is 78.5 cm³/mol. The van der Waals surface area contributed by atoms with Gasteiger partial charge in [0.1, 0.15) is 0 Å². The Labute approximate surface area is 121 Å². The monoisotopic (exact) mass is 316 g/mol. The van der Waals surface area contributed by atoms with Crippen LogP contribution in [0.3, 0.4) is 0 Å². The number of nitrogens with one attached hydrogen (secondary N) is 1. The molecule has 0 saturated carbocycles. The summed E-state index contributed by atoms with van der Waals surface area (Å²) < 4.78 is 27.2. The Morgan fingerprint density at radius 3 is 2.60 bits per heavy atom. The third-order valence-corrected chi connectivity index (χ3v) is 5.69. The van der Waals surface area contributed by atoms with Crippen molar-refractivity contribution < 1.29 is 18.3 Å². The Bertz CT molecular complexity index is 610. The molecule has 4 N–H and O–H groups in total. The molecule has 1 aromatic rings. The fraction of sp³-hybridized carbons (Fsp3) is 0.417. The van der Waals surface area contributed by atoms with E-state index in [9.17, 15) is 13.2 Å². The quantitative estimate of drug-likeness (QED) is 0.719. The second-order valence-electron chi connectivity index (χ2n) is 4.57. The van der Waals surface area contributed by atoms with Crippen LogP contribution in [0, 0.1) is 0 Å². The Morgan fingerprint density at radius 2 is 2.00 bits per heavy atom. The topological polar surface area (TPSA) is 109 Å². The van der Waals surface area contributed by atoms with Crippen LogP contribution < -0.4 is 10.5 Å². The zero-order valence-electron chi connectivity index (χ0n) is 10.7. The van der Waals surface area contributed by atoms with Gasteiger partial charge < -0.3 is 10.8 Å². The molecule has 1 aliphatic rings. The summed E-state index contributed by atoms with van der Waals surface area (Å²) in [6, 6.07) is 3.64. The molecular formula is C12H16N2O4S2. The predicted octanol–water partition coefficient (Wildman–Crippen LogP) is 1.14. The summed E-state index contributed by atoms with van der Waals surface area (Å²) in [6.45, 7) is 0. The number of carbonyl (C=O) groups is 1. The van der Waals surface area contributed by atoms with E-state index in [1.54, 1.807) is 11.8 Å². The van der Waals surface area contributed by atoms with E-state index in [2.05, 4.69) is 4.72 Å². The third kappa shape index (κ3) is 3.44. The van der Waals surface area contributed by atoms with Crippen molar-refractivity contribution in [1.82, 2.24) is 4.72 Å². The Kier molecular flexibility index (Phi) is 4.56. The molecular weight excluding hydrogens is 300 g/mol. The van der Waals surface area contributed by atoms with Gasteiger partial charge in [-0.05, 0) is 42.5 Å². The van der Waals surface area contributed by atoms with E-state index in [-0.39, 0.29) is 22.2 Å². The van der Waals surface area contributed by atoms with E-state index in [0.717, 1.165) is 30.4 Å². The van der Waals surface area contributed by atoms with Crippen molar-refractivity contribution in [3.05, 3.63) is 23.8 Å². The number of carboxylic acids is 1. The number of anilines is 1. The first kappa shape index (κ1) is 15.1. The van der Waals surface area contributed by atoms with Crippen molar-refractivity contribution >= 4 is 33.4 Å². The number of hydrogen-bond donors (Lipinski definition) is 3. The molecule has 110 valence electrons. The first-order valence-electron chi connectivity index (χ1n) is 6.13. The third-order valence-electron chi connectivity index (χ3n) is 3.07. The van der Waals surface area contributed by atoms with E-state index in [4.69, 9.17) is 10.8 Å². The number of hydrogen-bond acceptors (Lipinski definition) is 5. The number of benzene rings is 1. The number of aromatic carboxylic acids is 1. The molecule has 6 nitrogen and oxygen atoms in total. The van der Waals surface area contributed by atoms with Crippen LogP contribution in [0.4, 0.5) is 5.69 Å². The Hall–Kier alpha value is -1.25. The summed E-state index contributed by atoms with van der Waals surface area (Å²) in [7, 11) is -3.85. The SMILES string of the molecule is Nc1ccc(S(=O)(=O)NC2CCSCC2)c(C(=O)O)c1. The molecule has 0 unspecified atom stereocenters. The standard InChI is InChI=1S/C12H16N2O4S2/c13-8-1-2-11(10(7-8)12(15)16)20(17,18)14-9-3-5-19-6-4-9/h1-2,7,9,14H,3-6,13H2,(H,15,16). The lowest BCUT2D eigenvalue weighted by atomic mass is 10.2. The van der Waals surface area contributed by atoms with Gasteiger partial charge in [-0.15, -0.1) is 0 Å². The molecule has 2 rings (SSSR count). The average molecular weight is 316 g/mol.